The number of fused-ring (bicyclic) bond motifs is 1. The number of hydrogen-bond acceptors (Lipinski definition) is 4. The van der Waals surface area contributed by atoms with Crippen LogP contribution in [0.2, 0.25) is 0 Å². The van der Waals surface area contributed by atoms with Crippen molar-refractivity contribution in [2.24, 2.45) is 0 Å². The van der Waals surface area contributed by atoms with Gasteiger partial charge in [-0.25, -0.2) is 4.98 Å². The van der Waals surface area contributed by atoms with Crippen molar-refractivity contribution in [1.29, 1.82) is 0 Å². The minimum absolute atomic E-state index is 0.484. The number of piperidine rings is 1. The molecule has 0 spiro atoms. The molecule has 1 aliphatic heterocycles. The Morgan fingerprint density at radius 3 is 2.69 bits per heavy atom. The minimum Gasteiger partial charge on any atom is -0.496 e. The molecular weight excluding hydrogens is 324 g/mol. The SMILES string of the molecule is COc1ccccc1CCN1CCC(Nc2nc3ccccc3[nH]2)CC1. The van der Waals surface area contributed by atoms with Gasteiger partial charge in [-0.2, -0.15) is 0 Å². The van der Waals surface area contributed by atoms with E-state index in [4.69, 9.17) is 4.74 Å². The molecule has 0 saturated carbocycles. The Bertz CT molecular complexity index is 819. The Hall–Kier alpha value is -2.53. The van der Waals surface area contributed by atoms with Gasteiger partial charge in [0.15, 0.2) is 0 Å². The van der Waals surface area contributed by atoms with E-state index in [1.807, 2.05) is 30.3 Å². The second-order valence-corrected chi connectivity index (χ2v) is 6.92. The summed E-state index contributed by atoms with van der Waals surface area (Å²) in [6.45, 7) is 3.32. The molecule has 0 unspecified atom stereocenters. The number of aromatic amines is 1. The van der Waals surface area contributed by atoms with Crippen LogP contribution in [-0.2, 0) is 6.42 Å². The van der Waals surface area contributed by atoms with E-state index < -0.39 is 0 Å². The van der Waals surface area contributed by atoms with Crippen molar-refractivity contribution in [2.45, 2.75) is 25.3 Å². The van der Waals surface area contributed by atoms with Gasteiger partial charge < -0.3 is 19.9 Å². The van der Waals surface area contributed by atoms with E-state index >= 15 is 0 Å². The summed E-state index contributed by atoms with van der Waals surface area (Å²) in [5, 5.41) is 3.57. The van der Waals surface area contributed by atoms with E-state index in [9.17, 15) is 0 Å². The fraction of sp³-hybridized carbons (Fsp3) is 0.381. The molecule has 1 fully saturated rings. The van der Waals surface area contributed by atoms with Crippen LogP contribution in [0.1, 0.15) is 18.4 Å². The molecule has 26 heavy (non-hydrogen) atoms. The molecule has 2 aromatic carbocycles. The molecule has 2 N–H and O–H groups in total. The minimum atomic E-state index is 0.484. The van der Waals surface area contributed by atoms with Gasteiger partial charge in [0.1, 0.15) is 5.75 Å². The van der Waals surface area contributed by atoms with Crippen molar-refractivity contribution in [1.82, 2.24) is 14.9 Å². The van der Waals surface area contributed by atoms with Crippen LogP contribution in [0, 0.1) is 0 Å². The van der Waals surface area contributed by atoms with Gasteiger partial charge in [0, 0.05) is 25.7 Å². The Labute approximate surface area is 154 Å². The third kappa shape index (κ3) is 3.83. The summed E-state index contributed by atoms with van der Waals surface area (Å²) in [5.74, 6) is 1.88. The maximum absolute atomic E-state index is 5.45. The predicted octanol–water partition coefficient (Wildman–Crippen LogP) is 3.69. The van der Waals surface area contributed by atoms with Crippen molar-refractivity contribution >= 4 is 17.0 Å². The van der Waals surface area contributed by atoms with Gasteiger partial charge in [-0.1, -0.05) is 30.3 Å². The maximum atomic E-state index is 5.45. The van der Waals surface area contributed by atoms with Gasteiger partial charge in [0.05, 0.1) is 18.1 Å². The van der Waals surface area contributed by atoms with Gasteiger partial charge >= 0.3 is 0 Å². The number of aromatic nitrogens is 2. The quantitative estimate of drug-likeness (QED) is 0.712. The number of methoxy groups -OCH3 is 1. The fourth-order valence-corrected chi connectivity index (χ4v) is 3.70. The zero-order chi connectivity index (χ0) is 17.8. The lowest BCUT2D eigenvalue weighted by molar-refractivity contribution is 0.220. The molecule has 1 aromatic heterocycles. The zero-order valence-corrected chi connectivity index (χ0v) is 15.2. The highest BCUT2D eigenvalue weighted by atomic mass is 16.5. The van der Waals surface area contributed by atoms with E-state index in [1.54, 1.807) is 7.11 Å². The molecule has 3 aromatic rings. The summed E-state index contributed by atoms with van der Waals surface area (Å²) in [6, 6.07) is 17.0. The first-order valence-corrected chi connectivity index (χ1v) is 9.37. The van der Waals surface area contributed by atoms with Gasteiger partial charge in [-0.3, -0.25) is 0 Å². The number of nitrogens with zero attached hydrogens (tertiary/aromatic N) is 2. The van der Waals surface area contributed by atoms with Crippen molar-refractivity contribution in [3.63, 3.8) is 0 Å². The van der Waals surface area contributed by atoms with Crippen LogP contribution in [0.3, 0.4) is 0 Å². The number of ether oxygens (including phenoxy) is 1. The predicted molar refractivity (Wildman–Crippen MR) is 106 cm³/mol. The van der Waals surface area contributed by atoms with Crippen molar-refractivity contribution in [3.05, 3.63) is 54.1 Å². The highest BCUT2D eigenvalue weighted by molar-refractivity contribution is 5.77. The van der Waals surface area contributed by atoms with Crippen molar-refractivity contribution in [2.75, 3.05) is 32.1 Å². The van der Waals surface area contributed by atoms with Crippen LogP contribution >= 0.6 is 0 Å². The van der Waals surface area contributed by atoms with Gasteiger partial charge in [-0.15, -0.1) is 0 Å². The van der Waals surface area contributed by atoms with Gasteiger partial charge in [-0.05, 0) is 43.0 Å². The molecule has 2 heterocycles. The summed E-state index contributed by atoms with van der Waals surface area (Å²) < 4.78 is 5.45. The molecule has 4 rings (SSSR count). The smallest absolute Gasteiger partial charge is 0.201 e. The highest BCUT2D eigenvalue weighted by Crippen LogP contribution is 2.21. The molecule has 0 atom stereocenters. The Morgan fingerprint density at radius 1 is 1.12 bits per heavy atom. The summed E-state index contributed by atoms with van der Waals surface area (Å²) in [7, 11) is 1.74. The van der Waals surface area contributed by atoms with E-state index in [1.165, 1.54) is 5.56 Å². The number of rotatable bonds is 6. The molecule has 136 valence electrons. The second-order valence-electron chi connectivity index (χ2n) is 6.92. The lowest BCUT2D eigenvalue weighted by Crippen LogP contribution is -2.40. The summed E-state index contributed by atoms with van der Waals surface area (Å²) in [4.78, 5) is 10.5. The number of imidazole rings is 1. The van der Waals surface area contributed by atoms with Crippen LogP contribution in [0.15, 0.2) is 48.5 Å². The number of anilines is 1. The number of H-pyrrole nitrogens is 1. The Kier molecular flexibility index (Phi) is 5.07. The van der Waals surface area contributed by atoms with Crippen LogP contribution < -0.4 is 10.1 Å². The van der Waals surface area contributed by atoms with E-state index in [0.717, 1.165) is 61.6 Å². The van der Waals surface area contributed by atoms with E-state index in [-0.39, 0.29) is 0 Å². The maximum Gasteiger partial charge on any atom is 0.201 e. The lowest BCUT2D eigenvalue weighted by atomic mass is 10.0. The van der Waals surface area contributed by atoms with E-state index in [2.05, 4.69) is 38.4 Å². The monoisotopic (exact) mass is 350 g/mol. The number of likely N-dealkylation sites (tertiary alicyclic amines) is 1. The summed E-state index contributed by atoms with van der Waals surface area (Å²) >= 11 is 0. The molecule has 0 radical (unpaired) electrons. The first kappa shape index (κ1) is 16.9. The summed E-state index contributed by atoms with van der Waals surface area (Å²) in [6.07, 6.45) is 3.32. The second kappa shape index (κ2) is 7.79. The normalized spacial score (nSPS) is 16.0. The molecular formula is C21H26N4O. The zero-order valence-electron chi connectivity index (χ0n) is 15.2. The average Bonchev–Trinajstić information content (AvgIpc) is 3.10. The third-order valence-corrected chi connectivity index (χ3v) is 5.21. The van der Waals surface area contributed by atoms with Crippen LogP contribution in [0.4, 0.5) is 5.95 Å². The summed E-state index contributed by atoms with van der Waals surface area (Å²) in [5.41, 5.74) is 3.39. The lowest BCUT2D eigenvalue weighted by Gasteiger charge is -2.32. The van der Waals surface area contributed by atoms with Crippen LogP contribution in [0.5, 0.6) is 5.75 Å². The van der Waals surface area contributed by atoms with Gasteiger partial charge in [0.25, 0.3) is 0 Å². The molecule has 5 nitrogen and oxygen atoms in total. The first-order valence-electron chi connectivity index (χ1n) is 9.37. The fourth-order valence-electron chi connectivity index (χ4n) is 3.70. The Balaban J connectivity index is 1.27. The van der Waals surface area contributed by atoms with Crippen LogP contribution in [0.25, 0.3) is 11.0 Å². The molecule has 1 aliphatic rings. The highest BCUT2D eigenvalue weighted by Gasteiger charge is 2.20. The largest absolute Gasteiger partial charge is 0.496 e. The molecule has 0 amide bonds. The molecule has 0 aliphatic carbocycles. The topological polar surface area (TPSA) is 53.2 Å². The number of nitrogens with one attached hydrogen (secondary N) is 2. The average molecular weight is 350 g/mol. The standard InChI is InChI=1S/C21H26N4O/c1-26-20-9-5-2-6-16(20)10-13-25-14-11-17(12-15-25)22-21-23-18-7-3-4-8-19(18)24-21/h2-9,17H,10-15H2,1H3,(H2,22,23,24). The molecule has 5 heteroatoms. The number of benzene rings is 2. The van der Waals surface area contributed by atoms with Crippen molar-refractivity contribution < 1.29 is 4.74 Å². The molecule has 1 saturated heterocycles. The Morgan fingerprint density at radius 2 is 1.88 bits per heavy atom. The number of hydrogen-bond donors (Lipinski definition) is 2. The third-order valence-electron chi connectivity index (χ3n) is 5.21. The first-order chi connectivity index (χ1) is 12.8. The number of para-hydroxylation sites is 3. The molecule has 0 bridgehead atoms. The van der Waals surface area contributed by atoms with Crippen LogP contribution in [-0.4, -0.2) is 47.7 Å². The van der Waals surface area contributed by atoms with E-state index in [0.29, 0.717) is 6.04 Å². The van der Waals surface area contributed by atoms with Crippen molar-refractivity contribution in [3.8, 4) is 5.75 Å². The van der Waals surface area contributed by atoms with Gasteiger partial charge in [0.2, 0.25) is 5.95 Å².